The molecule has 0 aliphatic carbocycles. The molecule has 1 aliphatic heterocycles. The van der Waals surface area contributed by atoms with E-state index in [4.69, 9.17) is 0 Å². The molecule has 4 nitrogen and oxygen atoms in total. The molecule has 0 radical (unpaired) electrons. The fourth-order valence-corrected chi connectivity index (χ4v) is 2.75. The predicted molar refractivity (Wildman–Crippen MR) is 87.4 cm³/mol. The molecule has 1 N–H and O–H groups in total. The van der Waals surface area contributed by atoms with Gasteiger partial charge in [0.2, 0.25) is 0 Å². The molecule has 0 bridgehead atoms. The molecule has 0 spiro atoms. The number of anilines is 1. The molecule has 3 rings (SSSR count). The van der Waals surface area contributed by atoms with E-state index in [-0.39, 0.29) is 11.7 Å². The first kappa shape index (κ1) is 14.4. The van der Waals surface area contributed by atoms with E-state index in [1.807, 2.05) is 0 Å². The smallest absolute Gasteiger partial charge is 0.257 e. The second kappa shape index (κ2) is 6.10. The van der Waals surface area contributed by atoms with Crippen molar-refractivity contribution in [3.63, 3.8) is 0 Å². The van der Waals surface area contributed by atoms with Gasteiger partial charge in [0.25, 0.3) is 5.91 Å². The third kappa shape index (κ3) is 2.91. The van der Waals surface area contributed by atoms with Crippen molar-refractivity contribution in [2.75, 3.05) is 31.1 Å². The van der Waals surface area contributed by atoms with Gasteiger partial charge in [0.15, 0.2) is 0 Å². The molecule has 0 unspecified atom stereocenters. The number of rotatable bonds is 2. The fourth-order valence-electron chi connectivity index (χ4n) is 2.75. The Morgan fingerprint density at radius 1 is 0.955 bits per heavy atom. The number of carbonyl (C=O) groups is 1. The van der Waals surface area contributed by atoms with Crippen molar-refractivity contribution < 1.29 is 9.90 Å². The Morgan fingerprint density at radius 3 is 2.23 bits per heavy atom. The van der Waals surface area contributed by atoms with Gasteiger partial charge >= 0.3 is 0 Å². The number of carbonyl (C=O) groups excluding carboxylic acids is 1. The Morgan fingerprint density at radius 2 is 1.59 bits per heavy atom. The lowest BCUT2D eigenvalue weighted by molar-refractivity contribution is 0.0744. The van der Waals surface area contributed by atoms with E-state index in [1.54, 1.807) is 29.2 Å². The van der Waals surface area contributed by atoms with Gasteiger partial charge in [-0.25, -0.2) is 0 Å². The van der Waals surface area contributed by atoms with Gasteiger partial charge in [0.05, 0.1) is 5.56 Å². The minimum Gasteiger partial charge on any atom is -0.507 e. The van der Waals surface area contributed by atoms with Crippen LogP contribution in [0.3, 0.4) is 0 Å². The monoisotopic (exact) mass is 296 g/mol. The number of amides is 1. The van der Waals surface area contributed by atoms with Crippen LogP contribution in [0.25, 0.3) is 0 Å². The minimum absolute atomic E-state index is 0.0495. The second-order valence-corrected chi connectivity index (χ2v) is 5.63. The summed E-state index contributed by atoms with van der Waals surface area (Å²) in [7, 11) is 0. The number of aryl methyl sites for hydroxylation is 1. The first-order chi connectivity index (χ1) is 10.6. The van der Waals surface area contributed by atoms with E-state index in [1.165, 1.54) is 11.3 Å². The summed E-state index contributed by atoms with van der Waals surface area (Å²) in [5.41, 5.74) is 2.82. The summed E-state index contributed by atoms with van der Waals surface area (Å²) in [5, 5.41) is 9.81. The molecule has 1 heterocycles. The van der Waals surface area contributed by atoms with Crippen LogP contribution in [-0.4, -0.2) is 42.1 Å². The van der Waals surface area contributed by atoms with Gasteiger partial charge in [-0.05, 0) is 31.2 Å². The summed E-state index contributed by atoms with van der Waals surface area (Å²) >= 11 is 0. The van der Waals surface area contributed by atoms with Crippen LogP contribution >= 0.6 is 0 Å². The zero-order chi connectivity index (χ0) is 15.5. The largest absolute Gasteiger partial charge is 0.507 e. The molecular formula is C18H20N2O2. The van der Waals surface area contributed by atoms with Crippen LogP contribution in [-0.2, 0) is 0 Å². The number of hydrogen-bond donors (Lipinski definition) is 1. The highest BCUT2D eigenvalue weighted by Gasteiger charge is 2.23. The number of phenols is 1. The van der Waals surface area contributed by atoms with E-state index < -0.39 is 0 Å². The SMILES string of the molecule is Cc1ccc(N2CCN(C(=O)c3ccccc3O)CC2)cc1. The molecule has 0 atom stereocenters. The van der Waals surface area contributed by atoms with Gasteiger partial charge < -0.3 is 14.9 Å². The van der Waals surface area contributed by atoms with E-state index in [0.29, 0.717) is 18.7 Å². The maximum atomic E-state index is 12.5. The Bertz CT molecular complexity index is 659. The van der Waals surface area contributed by atoms with Crippen LogP contribution in [0.2, 0.25) is 0 Å². The highest BCUT2D eigenvalue weighted by atomic mass is 16.3. The first-order valence-electron chi connectivity index (χ1n) is 7.54. The lowest BCUT2D eigenvalue weighted by Crippen LogP contribution is -2.48. The number of phenolic OH excluding ortho intramolecular Hbond substituents is 1. The highest BCUT2D eigenvalue weighted by molar-refractivity contribution is 5.96. The lowest BCUT2D eigenvalue weighted by atomic mass is 10.1. The average Bonchev–Trinajstić information content (AvgIpc) is 2.56. The number of hydrogen-bond acceptors (Lipinski definition) is 3. The molecule has 1 amide bonds. The van der Waals surface area contributed by atoms with Crippen molar-refractivity contribution >= 4 is 11.6 Å². The average molecular weight is 296 g/mol. The fraction of sp³-hybridized carbons (Fsp3) is 0.278. The molecule has 22 heavy (non-hydrogen) atoms. The maximum Gasteiger partial charge on any atom is 0.257 e. The van der Waals surface area contributed by atoms with Crippen LogP contribution in [0.15, 0.2) is 48.5 Å². The van der Waals surface area contributed by atoms with Crippen LogP contribution in [0.1, 0.15) is 15.9 Å². The third-order valence-electron chi connectivity index (χ3n) is 4.10. The minimum atomic E-state index is -0.0957. The van der Waals surface area contributed by atoms with Crippen LogP contribution in [0.4, 0.5) is 5.69 Å². The van der Waals surface area contributed by atoms with E-state index in [0.717, 1.165) is 13.1 Å². The zero-order valence-corrected chi connectivity index (χ0v) is 12.7. The van der Waals surface area contributed by atoms with E-state index in [2.05, 4.69) is 36.1 Å². The number of nitrogens with zero attached hydrogens (tertiary/aromatic N) is 2. The molecular weight excluding hydrogens is 276 g/mol. The van der Waals surface area contributed by atoms with E-state index in [9.17, 15) is 9.90 Å². The van der Waals surface area contributed by atoms with Gasteiger partial charge in [-0.15, -0.1) is 0 Å². The molecule has 4 heteroatoms. The molecule has 1 saturated heterocycles. The maximum absolute atomic E-state index is 12.5. The molecule has 0 aromatic heterocycles. The zero-order valence-electron chi connectivity index (χ0n) is 12.7. The van der Waals surface area contributed by atoms with Crippen molar-refractivity contribution in [3.8, 4) is 5.75 Å². The summed E-state index contributed by atoms with van der Waals surface area (Å²) in [4.78, 5) is 16.5. The lowest BCUT2D eigenvalue weighted by Gasteiger charge is -2.36. The predicted octanol–water partition coefficient (Wildman–Crippen LogP) is 2.66. The summed E-state index contributed by atoms with van der Waals surface area (Å²) in [6.07, 6.45) is 0. The molecule has 2 aromatic rings. The van der Waals surface area contributed by atoms with Crippen LogP contribution in [0, 0.1) is 6.92 Å². The number of piperazine rings is 1. The Balaban J connectivity index is 1.65. The second-order valence-electron chi connectivity index (χ2n) is 5.63. The third-order valence-corrected chi connectivity index (χ3v) is 4.10. The van der Waals surface area contributed by atoms with Gasteiger partial charge in [0.1, 0.15) is 5.75 Å². The summed E-state index contributed by atoms with van der Waals surface area (Å²) < 4.78 is 0. The summed E-state index contributed by atoms with van der Waals surface area (Å²) in [6, 6.07) is 15.2. The van der Waals surface area contributed by atoms with Crippen molar-refractivity contribution in [3.05, 3.63) is 59.7 Å². The summed E-state index contributed by atoms with van der Waals surface area (Å²) in [5.74, 6) is -0.0462. The molecule has 0 saturated carbocycles. The van der Waals surface area contributed by atoms with Gasteiger partial charge in [-0.1, -0.05) is 29.8 Å². The number of para-hydroxylation sites is 1. The standard InChI is InChI=1S/C18H20N2O2/c1-14-6-8-15(9-7-14)19-10-12-20(13-11-19)18(22)16-4-2-3-5-17(16)21/h2-9,21H,10-13H2,1H3. The number of aromatic hydroxyl groups is 1. The highest BCUT2D eigenvalue weighted by Crippen LogP contribution is 2.21. The van der Waals surface area contributed by atoms with Crippen LogP contribution < -0.4 is 4.90 Å². The molecule has 1 fully saturated rings. The number of benzene rings is 2. The van der Waals surface area contributed by atoms with Crippen molar-refractivity contribution in [1.82, 2.24) is 4.90 Å². The first-order valence-corrected chi connectivity index (χ1v) is 7.54. The van der Waals surface area contributed by atoms with Crippen molar-refractivity contribution in [1.29, 1.82) is 0 Å². The quantitative estimate of drug-likeness (QED) is 0.926. The molecule has 1 aliphatic rings. The van der Waals surface area contributed by atoms with Crippen molar-refractivity contribution in [2.24, 2.45) is 0 Å². The molecule has 114 valence electrons. The Kier molecular flexibility index (Phi) is 4.00. The normalized spacial score (nSPS) is 15.0. The Labute approximate surface area is 130 Å². The van der Waals surface area contributed by atoms with Crippen LogP contribution in [0.5, 0.6) is 5.75 Å². The van der Waals surface area contributed by atoms with E-state index >= 15 is 0 Å². The Hall–Kier alpha value is -2.49. The summed E-state index contributed by atoms with van der Waals surface area (Å²) in [6.45, 7) is 5.03. The van der Waals surface area contributed by atoms with Gasteiger partial charge in [0, 0.05) is 31.9 Å². The topological polar surface area (TPSA) is 43.8 Å². The van der Waals surface area contributed by atoms with Gasteiger partial charge in [-0.2, -0.15) is 0 Å². The van der Waals surface area contributed by atoms with Crippen molar-refractivity contribution in [2.45, 2.75) is 6.92 Å². The van der Waals surface area contributed by atoms with Gasteiger partial charge in [-0.3, -0.25) is 4.79 Å². The molecule has 2 aromatic carbocycles.